The van der Waals surface area contributed by atoms with E-state index in [1.807, 2.05) is 11.3 Å². The maximum atomic E-state index is 9.85. The number of aliphatic hydroxyl groups excluding tert-OH is 1. The molecule has 0 saturated heterocycles. The first-order chi connectivity index (χ1) is 7.20. The molecule has 0 bridgehead atoms. The van der Waals surface area contributed by atoms with E-state index in [1.165, 1.54) is 15.3 Å². The van der Waals surface area contributed by atoms with Crippen LogP contribution in [0.1, 0.15) is 41.2 Å². The molecule has 0 saturated carbocycles. The van der Waals surface area contributed by atoms with Gasteiger partial charge in [0.05, 0.1) is 6.10 Å². The second-order valence-electron chi connectivity index (χ2n) is 4.54. The van der Waals surface area contributed by atoms with Crippen molar-refractivity contribution in [1.82, 2.24) is 0 Å². The zero-order valence-corrected chi connectivity index (χ0v) is 10.0. The Morgan fingerprint density at radius 3 is 3.13 bits per heavy atom. The lowest BCUT2D eigenvalue weighted by molar-refractivity contribution is 0.157. The maximum Gasteiger partial charge on any atom is 0.0801 e. The molecule has 0 amide bonds. The zero-order chi connectivity index (χ0) is 10.8. The number of aryl methyl sites for hydroxylation is 1. The van der Waals surface area contributed by atoms with Crippen molar-refractivity contribution in [2.45, 2.75) is 38.7 Å². The smallest absolute Gasteiger partial charge is 0.0801 e. The Hall–Kier alpha value is -0.380. The minimum absolute atomic E-state index is 0.216. The summed E-state index contributed by atoms with van der Waals surface area (Å²) >= 11 is 1.87. The third-order valence-corrected chi connectivity index (χ3v) is 4.32. The Balaban J connectivity index is 2.14. The molecule has 1 aromatic heterocycles. The van der Waals surface area contributed by atoms with Gasteiger partial charge in [0.1, 0.15) is 0 Å². The van der Waals surface area contributed by atoms with Gasteiger partial charge in [0.15, 0.2) is 0 Å². The quantitative estimate of drug-likeness (QED) is 0.829. The van der Waals surface area contributed by atoms with Crippen molar-refractivity contribution in [3.05, 3.63) is 21.4 Å². The fourth-order valence-electron chi connectivity index (χ4n) is 2.12. The van der Waals surface area contributed by atoms with Crippen LogP contribution in [0.5, 0.6) is 0 Å². The second kappa shape index (κ2) is 4.64. The predicted octanol–water partition coefficient (Wildman–Crippen LogP) is 2.26. The fraction of sp³-hybridized carbons (Fsp3) is 0.667. The molecule has 2 unspecified atom stereocenters. The minimum atomic E-state index is -0.216. The second-order valence-corrected chi connectivity index (χ2v) is 5.77. The molecule has 0 radical (unpaired) electrons. The monoisotopic (exact) mass is 225 g/mol. The Bertz CT molecular complexity index is 334. The van der Waals surface area contributed by atoms with Crippen LogP contribution in [0.2, 0.25) is 0 Å². The van der Waals surface area contributed by atoms with Gasteiger partial charge in [0.2, 0.25) is 0 Å². The highest BCUT2D eigenvalue weighted by molar-refractivity contribution is 7.12. The average Bonchev–Trinajstić information content (AvgIpc) is 2.62. The number of hydrogen-bond donors (Lipinski definition) is 2. The SMILES string of the molecule is CC(CN)Cc1cc2c(s1)CCCC2O. The normalized spacial score (nSPS) is 22.5. The van der Waals surface area contributed by atoms with Crippen LogP contribution < -0.4 is 5.73 Å². The summed E-state index contributed by atoms with van der Waals surface area (Å²) in [7, 11) is 0. The molecule has 2 atom stereocenters. The number of hydrogen-bond acceptors (Lipinski definition) is 3. The van der Waals surface area contributed by atoms with Crippen molar-refractivity contribution in [1.29, 1.82) is 0 Å². The summed E-state index contributed by atoms with van der Waals surface area (Å²) in [6.07, 6.45) is 4.04. The molecule has 2 nitrogen and oxygen atoms in total. The van der Waals surface area contributed by atoms with E-state index < -0.39 is 0 Å². The van der Waals surface area contributed by atoms with E-state index in [-0.39, 0.29) is 6.10 Å². The molecule has 0 aromatic carbocycles. The third kappa shape index (κ3) is 2.41. The zero-order valence-electron chi connectivity index (χ0n) is 9.20. The minimum Gasteiger partial charge on any atom is -0.388 e. The average molecular weight is 225 g/mol. The van der Waals surface area contributed by atoms with Crippen molar-refractivity contribution < 1.29 is 5.11 Å². The van der Waals surface area contributed by atoms with E-state index in [4.69, 9.17) is 5.73 Å². The first-order valence-electron chi connectivity index (χ1n) is 5.70. The molecular weight excluding hydrogens is 206 g/mol. The number of aliphatic hydroxyl groups is 1. The third-order valence-electron chi connectivity index (χ3n) is 3.09. The summed E-state index contributed by atoms with van der Waals surface area (Å²) in [4.78, 5) is 2.78. The molecule has 1 aliphatic rings. The van der Waals surface area contributed by atoms with Crippen molar-refractivity contribution in [3.63, 3.8) is 0 Å². The summed E-state index contributed by atoms with van der Waals surface area (Å²) in [5.74, 6) is 0.544. The van der Waals surface area contributed by atoms with Crippen LogP contribution in [0.25, 0.3) is 0 Å². The van der Waals surface area contributed by atoms with Gasteiger partial charge in [-0.2, -0.15) is 0 Å². The van der Waals surface area contributed by atoms with E-state index in [1.54, 1.807) is 0 Å². The Morgan fingerprint density at radius 1 is 1.67 bits per heavy atom. The molecule has 0 spiro atoms. The van der Waals surface area contributed by atoms with Crippen LogP contribution in [0.4, 0.5) is 0 Å². The molecule has 1 aliphatic carbocycles. The summed E-state index contributed by atoms with van der Waals surface area (Å²) in [6, 6.07) is 2.19. The Morgan fingerprint density at radius 2 is 2.47 bits per heavy atom. The van der Waals surface area contributed by atoms with Gasteiger partial charge in [-0.05, 0) is 49.8 Å². The molecular formula is C12H19NOS. The van der Waals surface area contributed by atoms with Crippen LogP contribution in [0.15, 0.2) is 6.07 Å². The van der Waals surface area contributed by atoms with E-state index in [2.05, 4.69) is 13.0 Å². The van der Waals surface area contributed by atoms with Crippen molar-refractivity contribution in [2.24, 2.45) is 11.7 Å². The molecule has 15 heavy (non-hydrogen) atoms. The van der Waals surface area contributed by atoms with Crippen LogP contribution in [-0.2, 0) is 12.8 Å². The Labute approximate surface area is 95.1 Å². The predicted molar refractivity (Wildman–Crippen MR) is 64.1 cm³/mol. The largest absolute Gasteiger partial charge is 0.388 e. The topological polar surface area (TPSA) is 46.2 Å². The van der Waals surface area contributed by atoms with E-state index >= 15 is 0 Å². The van der Waals surface area contributed by atoms with E-state index in [9.17, 15) is 5.11 Å². The van der Waals surface area contributed by atoms with Gasteiger partial charge < -0.3 is 10.8 Å². The van der Waals surface area contributed by atoms with Gasteiger partial charge in [-0.3, -0.25) is 0 Å². The van der Waals surface area contributed by atoms with Crippen molar-refractivity contribution in [3.8, 4) is 0 Å². The Kier molecular flexibility index (Phi) is 3.44. The highest BCUT2D eigenvalue weighted by Gasteiger charge is 2.21. The van der Waals surface area contributed by atoms with Crippen LogP contribution >= 0.6 is 11.3 Å². The highest BCUT2D eigenvalue weighted by atomic mass is 32.1. The molecule has 84 valence electrons. The lowest BCUT2D eigenvalue weighted by Crippen LogP contribution is -2.12. The standard InChI is InChI=1S/C12H19NOS/c1-8(7-13)5-9-6-10-11(14)3-2-4-12(10)15-9/h6,8,11,14H,2-5,7,13H2,1H3. The van der Waals surface area contributed by atoms with Crippen LogP contribution in [0, 0.1) is 5.92 Å². The molecule has 3 heteroatoms. The van der Waals surface area contributed by atoms with Crippen molar-refractivity contribution >= 4 is 11.3 Å². The molecule has 1 aromatic rings. The summed E-state index contributed by atoms with van der Waals surface area (Å²) in [5.41, 5.74) is 6.81. The molecule has 0 aliphatic heterocycles. The van der Waals surface area contributed by atoms with Gasteiger partial charge in [0, 0.05) is 9.75 Å². The van der Waals surface area contributed by atoms with Gasteiger partial charge in [-0.1, -0.05) is 6.92 Å². The van der Waals surface area contributed by atoms with Crippen LogP contribution in [0.3, 0.4) is 0 Å². The number of rotatable bonds is 3. The fourth-order valence-corrected chi connectivity index (χ4v) is 3.55. The van der Waals surface area contributed by atoms with Gasteiger partial charge >= 0.3 is 0 Å². The van der Waals surface area contributed by atoms with Crippen molar-refractivity contribution in [2.75, 3.05) is 6.54 Å². The first kappa shape index (κ1) is 11.1. The van der Waals surface area contributed by atoms with Gasteiger partial charge in [-0.25, -0.2) is 0 Å². The van der Waals surface area contributed by atoms with E-state index in [0.29, 0.717) is 5.92 Å². The number of nitrogens with two attached hydrogens (primary N) is 1. The van der Waals surface area contributed by atoms with E-state index in [0.717, 1.165) is 32.2 Å². The summed E-state index contributed by atoms with van der Waals surface area (Å²) < 4.78 is 0. The lowest BCUT2D eigenvalue weighted by Gasteiger charge is -2.16. The number of fused-ring (bicyclic) bond motifs is 1. The summed E-state index contributed by atoms with van der Waals surface area (Å²) in [6.45, 7) is 2.92. The first-order valence-corrected chi connectivity index (χ1v) is 6.52. The van der Waals surface area contributed by atoms with Crippen LogP contribution in [-0.4, -0.2) is 11.7 Å². The summed E-state index contributed by atoms with van der Waals surface area (Å²) in [5, 5.41) is 9.85. The number of thiophene rings is 1. The van der Waals surface area contributed by atoms with Gasteiger partial charge in [-0.15, -0.1) is 11.3 Å². The highest BCUT2D eigenvalue weighted by Crippen LogP contribution is 2.36. The lowest BCUT2D eigenvalue weighted by atomic mass is 9.95. The molecule has 2 rings (SSSR count). The molecule has 1 heterocycles. The maximum absolute atomic E-state index is 9.85. The molecule has 3 N–H and O–H groups in total. The van der Waals surface area contributed by atoms with Gasteiger partial charge in [0.25, 0.3) is 0 Å². The molecule has 0 fully saturated rings.